The average Bonchev–Trinajstić information content (AvgIpc) is 2.44. The number of nitrogens with one attached hydrogen (secondary N) is 1. The number of benzene rings is 1. The molecule has 1 nitrogen and oxygen atoms in total. The highest BCUT2D eigenvalue weighted by molar-refractivity contribution is 14.1. The average molecular weight is 371 g/mol. The zero-order valence-corrected chi connectivity index (χ0v) is 14.5. The molecule has 0 saturated heterocycles. The molecule has 1 aliphatic carbocycles. The second kappa shape index (κ2) is 7.07. The van der Waals surface area contributed by atoms with Crippen LogP contribution < -0.4 is 5.32 Å². The Morgan fingerprint density at radius 1 is 1.37 bits per heavy atom. The molecule has 1 aromatic rings. The normalized spacial score (nSPS) is 25.3. The molecule has 3 atom stereocenters. The standard InChI is InChI=1S/C17H26IN/c1-4-13-8-6-9-14(11-13)17(19-3)15-10-5-7-12(2)16(15)18/h5,7,10,13-14,17,19H,4,6,8-9,11H2,1-3H3. The van der Waals surface area contributed by atoms with Crippen LogP contribution in [-0.4, -0.2) is 7.05 Å². The Labute approximate surface area is 131 Å². The summed E-state index contributed by atoms with van der Waals surface area (Å²) in [6, 6.07) is 7.26. The Balaban J connectivity index is 2.21. The third kappa shape index (κ3) is 3.52. The molecule has 2 rings (SSSR count). The Kier molecular flexibility index (Phi) is 5.70. The van der Waals surface area contributed by atoms with Gasteiger partial charge < -0.3 is 5.32 Å². The molecule has 0 bridgehead atoms. The highest BCUT2D eigenvalue weighted by Crippen LogP contribution is 2.39. The van der Waals surface area contributed by atoms with Crippen LogP contribution in [0.3, 0.4) is 0 Å². The van der Waals surface area contributed by atoms with Crippen LogP contribution in [0.2, 0.25) is 0 Å². The summed E-state index contributed by atoms with van der Waals surface area (Å²) in [6.45, 7) is 4.56. The Bertz CT molecular complexity index is 416. The smallest absolute Gasteiger partial charge is 0.0356 e. The van der Waals surface area contributed by atoms with E-state index in [0.717, 1.165) is 11.8 Å². The van der Waals surface area contributed by atoms with Gasteiger partial charge in [-0.1, -0.05) is 44.4 Å². The Morgan fingerprint density at radius 3 is 2.84 bits per heavy atom. The molecule has 0 heterocycles. The summed E-state index contributed by atoms with van der Waals surface area (Å²) >= 11 is 2.51. The third-order valence-corrected chi connectivity index (χ3v) is 6.21. The maximum absolute atomic E-state index is 3.60. The van der Waals surface area contributed by atoms with Gasteiger partial charge in [0.05, 0.1) is 0 Å². The van der Waals surface area contributed by atoms with Gasteiger partial charge in [-0.2, -0.15) is 0 Å². The van der Waals surface area contributed by atoms with Gasteiger partial charge in [-0.05, 0) is 72.4 Å². The summed E-state index contributed by atoms with van der Waals surface area (Å²) < 4.78 is 1.44. The van der Waals surface area contributed by atoms with E-state index in [1.165, 1.54) is 46.8 Å². The van der Waals surface area contributed by atoms with Crippen LogP contribution >= 0.6 is 22.6 Å². The van der Waals surface area contributed by atoms with E-state index < -0.39 is 0 Å². The van der Waals surface area contributed by atoms with Crippen molar-refractivity contribution in [2.75, 3.05) is 7.05 Å². The highest BCUT2D eigenvalue weighted by atomic mass is 127. The van der Waals surface area contributed by atoms with Crippen LogP contribution in [0.5, 0.6) is 0 Å². The van der Waals surface area contributed by atoms with Gasteiger partial charge in [0.15, 0.2) is 0 Å². The van der Waals surface area contributed by atoms with Crippen LogP contribution in [0.25, 0.3) is 0 Å². The molecule has 3 unspecified atom stereocenters. The first-order valence-electron chi connectivity index (χ1n) is 7.59. The number of rotatable bonds is 4. The van der Waals surface area contributed by atoms with E-state index in [-0.39, 0.29) is 0 Å². The lowest BCUT2D eigenvalue weighted by Crippen LogP contribution is -2.30. The minimum atomic E-state index is 0.529. The molecule has 2 heteroatoms. The first-order chi connectivity index (χ1) is 9.17. The maximum atomic E-state index is 3.60. The van der Waals surface area contributed by atoms with Crippen molar-refractivity contribution in [1.29, 1.82) is 0 Å². The van der Waals surface area contributed by atoms with E-state index >= 15 is 0 Å². The largest absolute Gasteiger partial charge is 0.313 e. The molecule has 106 valence electrons. The lowest BCUT2D eigenvalue weighted by Gasteiger charge is -2.35. The van der Waals surface area contributed by atoms with Gasteiger partial charge in [0.25, 0.3) is 0 Å². The molecule has 0 aromatic heterocycles. The minimum absolute atomic E-state index is 0.529. The number of aryl methyl sites for hydroxylation is 1. The molecule has 1 aromatic carbocycles. The van der Waals surface area contributed by atoms with Crippen LogP contribution in [0.1, 0.15) is 56.2 Å². The first kappa shape index (κ1) is 15.3. The van der Waals surface area contributed by atoms with Crippen LogP contribution in [0, 0.1) is 22.3 Å². The van der Waals surface area contributed by atoms with Crippen molar-refractivity contribution >= 4 is 22.6 Å². The van der Waals surface area contributed by atoms with Crippen molar-refractivity contribution in [3.63, 3.8) is 0 Å². The lowest BCUT2D eigenvalue weighted by atomic mass is 9.75. The summed E-state index contributed by atoms with van der Waals surface area (Å²) in [4.78, 5) is 0. The summed E-state index contributed by atoms with van der Waals surface area (Å²) in [5.74, 6) is 1.75. The van der Waals surface area contributed by atoms with Crippen molar-refractivity contribution in [3.05, 3.63) is 32.9 Å². The molecule has 1 saturated carbocycles. The van der Waals surface area contributed by atoms with Crippen LogP contribution in [0.4, 0.5) is 0 Å². The fourth-order valence-electron chi connectivity index (χ4n) is 3.56. The predicted octanol–water partition coefficient (Wildman–Crippen LogP) is 5.08. The van der Waals surface area contributed by atoms with E-state index in [9.17, 15) is 0 Å². The molecule has 19 heavy (non-hydrogen) atoms. The molecule has 0 spiro atoms. The van der Waals surface area contributed by atoms with Crippen molar-refractivity contribution < 1.29 is 0 Å². The number of halogens is 1. The van der Waals surface area contributed by atoms with Gasteiger partial charge in [0.2, 0.25) is 0 Å². The van der Waals surface area contributed by atoms with Gasteiger partial charge >= 0.3 is 0 Å². The number of hydrogen-bond donors (Lipinski definition) is 1. The second-order valence-electron chi connectivity index (χ2n) is 5.95. The van der Waals surface area contributed by atoms with Crippen molar-refractivity contribution in [3.8, 4) is 0 Å². The Hall–Kier alpha value is -0.0900. The molecule has 0 aliphatic heterocycles. The molecular weight excluding hydrogens is 345 g/mol. The lowest BCUT2D eigenvalue weighted by molar-refractivity contribution is 0.214. The van der Waals surface area contributed by atoms with E-state index in [4.69, 9.17) is 0 Å². The van der Waals surface area contributed by atoms with Gasteiger partial charge in [-0.3, -0.25) is 0 Å². The van der Waals surface area contributed by atoms with Gasteiger partial charge in [0.1, 0.15) is 0 Å². The van der Waals surface area contributed by atoms with Crippen molar-refractivity contribution in [1.82, 2.24) is 5.32 Å². The fraction of sp³-hybridized carbons (Fsp3) is 0.647. The van der Waals surface area contributed by atoms with Crippen LogP contribution in [0.15, 0.2) is 18.2 Å². The fourth-order valence-corrected chi connectivity index (χ4v) is 4.26. The van der Waals surface area contributed by atoms with E-state index in [0.29, 0.717) is 6.04 Å². The van der Waals surface area contributed by atoms with Gasteiger partial charge in [0, 0.05) is 9.61 Å². The first-order valence-corrected chi connectivity index (χ1v) is 8.67. The molecule has 1 N–H and O–H groups in total. The maximum Gasteiger partial charge on any atom is 0.0356 e. The van der Waals surface area contributed by atoms with E-state index in [2.05, 4.69) is 67.0 Å². The summed E-state index contributed by atoms with van der Waals surface area (Å²) in [5.41, 5.74) is 2.91. The summed E-state index contributed by atoms with van der Waals surface area (Å²) in [5, 5.41) is 3.60. The molecule has 1 fully saturated rings. The van der Waals surface area contributed by atoms with Crippen molar-refractivity contribution in [2.24, 2.45) is 11.8 Å². The Morgan fingerprint density at radius 2 is 2.16 bits per heavy atom. The van der Waals surface area contributed by atoms with E-state index in [1.54, 1.807) is 0 Å². The predicted molar refractivity (Wildman–Crippen MR) is 91.4 cm³/mol. The quantitative estimate of drug-likeness (QED) is 0.728. The monoisotopic (exact) mass is 371 g/mol. The minimum Gasteiger partial charge on any atom is -0.313 e. The van der Waals surface area contributed by atoms with Gasteiger partial charge in [-0.15, -0.1) is 0 Å². The molecule has 0 amide bonds. The highest BCUT2D eigenvalue weighted by Gasteiger charge is 2.29. The molecule has 1 aliphatic rings. The van der Waals surface area contributed by atoms with Crippen molar-refractivity contribution in [2.45, 2.75) is 52.0 Å². The number of hydrogen-bond acceptors (Lipinski definition) is 1. The summed E-state index contributed by atoms with van der Waals surface area (Å²) in [7, 11) is 2.12. The zero-order valence-electron chi connectivity index (χ0n) is 12.4. The van der Waals surface area contributed by atoms with Gasteiger partial charge in [-0.25, -0.2) is 0 Å². The topological polar surface area (TPSA) is 12.0 Å². The molecule has 0 radical (unpaired) electrons. The SMILES string of the molecule is CCC1CCCC(C(NC)c2cccc(C)c2I)C1. The van der Waals surface area contributed by atoms with E-state index in [1.807, 2.05) is 0 Å². The molecular formula is C17H26IN. The summed E-state index contributed by atoms with van der Waals surface area (Å²) in [6.07, 6.45) is 6.97. The van der Waals surface area contributed by atoms with Crippen LogP contribution in [-0.2, 0) is 0 Å². The zero-order chi connectivity index (χ0) is 13.8. The third-order valence-electron chi connectivity index (χ3n) is 4.74. The second-order valence-corrected chi connectivity index (χ2v) is 7.02.